The van der Waals surface area contributed by atoms with Gasteiger partial charge in [-0.15, -0.1) is 11.3 Å². The van der Waals surface area contributed by atoms with Gasteiger partial charge in [0.05, 0.1) is 5.56 Å². The molecule has 0 fully saturated rings. The van der Waals surface area contributed by atoms with Crippen LogP contribution in [-0.4, -0.2) is 24.8 Å². The molecule has 6 heteroatoms. The highest BCUT2D eigenvalue weighted by Gasteiger charge is 2.15. The van der Waals surface area contributed by atoms with Gasteiger partial charge in [0, 0.05) is 23.3 Å². The van der Waals surface area contributed by atoms with Gasteiger partial charge in [-0.05, 0) is 39.8 Å². The number of alkyl carbamates (subject to hydrolysis) is 1. The summed E-state index contributed by atoms with van der Waals surface area (Å²) in [6.45, 7) is 7.64. The van der Waals surface area contributed by atoms with Crippen molar-refractivity contribution >= 4 is 17.4 Å². The predicted molar refractivity (Wildman–Crippen MR) is 79.6 cm³/mol. The summed E-state index contributed by atoms with van der Waals surface area (Å²) in [6, 6.07) is 4.00. The highest BCUT2D eigenvalue weighted by Crippen LogP contribution is 2.13. The molecule has 0 aliphatic heterocycles. The van der Waals surface area contributed by atoms with Crippen LogP contribution in [0.4, 0.5) is 4.79 Å². The molecule has 0 aliphatic rings. The Kier molecular flexibility index (Phi) is 6.49. The third kappa shape index (κ3) is 7.12. The molecule has 0 radical (unpaired) electrons. The van der Waals surface area contributed by atoms with E-state index in [1.807, 2.05) is 32.2 Å². The van der Waals surface area contributed by atoms with E-state index < -0.39 is 5.60 Å². The smallest absolute Gasteiger partial charge is 0.407 e. The lowest BCUT2D eigenvalue weighted by Crippen LogP contribution is -2.33. The van der Waals surface area contributed by atoms with Crippen molar-refractivity contribution < 1.29 is 9.53 Å². The number of nitriles is 1. The normalized spacial score (nSPS) is 10.9. The molecule has 1 heterocycles. The van der Waals surface area contributed by atoms with Crippen molar-refractivity contribution in [3.63, 3.8) is 0 Å². The van der Waals surface area contributed by atoms with E-state index >= 15 is 0 Å². The molecule has 0 saturated heterocycles. The summed E-state index contributed by atoms with van der Waals surface area (Å²) >= 11 is 1.57. The van der Waals surface area contributed by atoms with Gasteiger partial charge >= 0.3 is 6.09 Å². The van der Waals surface area contributed by atoms with Crippen molar-refractivity contribution in [2.45, 2.75) is 39.3 Å². The van der Waals surface area contributed by atoms with Gasteiger partial charge in [-0.3, -0.25) is 0 Å². The summed E-state index contributed by atoms with van der Waals surface area (Å²) < 4.78 is 5.13. The van der Waals surface area contributed by atoms with Crippen LogP contribution in [0.5, 0.6) is 0 Å². The van der Waals surface area contributed by atoms with Crippen LogP contribution < -0.4 is 10.6 Å². The van der Waals surface area contributed by atoms with Crippen LogP contribution >= 0.6 is 11.3 Å². The average Bonchev–Trinajstić information content (AvgIpc) is 2.79. The molecule has 1 amide bonds. The summed E-state index contributed by atoms with van der Waals surface area (Å²) in [5, 5.41) is 16.5. The standard InChI is InChI=1S/C14H21N3O2S/c1-14(2,3)19-13(18)17-6-4-5-16-9-12-7-11(8-15)10-20-12/h7,10,16H,4-6,9H2,1-3H3,(H,17,18). The number of rotatable bonds is 6. The highest BCUT2D eigenvalue weighted by atomic mass is 32.1. The number of carbonyl (C=O) groups is 1. The number of thiophene rings is 1. The minimum atomic E-state index is -0.458. The Hall–Kier alpha value is -1.58. The Morgan fingerprint density at radius 2 is 2.20 bits per heavy atom. The second-order valence-corrected chi connectivity index (χ2v) is 6.37. The third-order valence-electron chi connectivity index (χ3n) is 2.28. The first-order valence-electron chi connectivity index (χ1n) is 6.56. The molecular formula is C14H21N3O2S. The van der Waals surface area contributed by atoms with Crippen molar-refractivity contribution in [2.75, 3.05) is 13.1 Å². The van der Waals surface area contributed by atoms with Crippen LogP contribution in [0.2, 0.25) is 0 Å². The van der Waals surface area contributed by atoms with E-state index in [9.17, 15) is 4.79 Å². The van der Waals surface area contributed by atoms with Gasteiger partial charge in [0.1, 0.15) is 11.7 Å². The Balaban J connectivity index is 2.05. The minimum Gasteiger partial charge on any atom is -0.444 e. The van der Waals surface area contributed by atoms with Crippen LogP contribution in [-0.2, 0) is 11.3 Å². The molecule has 0 spiro atoms. The van der Waals surface area contributed by atoms with Gasteiger partial charge in [0.25, 0.3) is 0 Å². The number of hydrogen-bond donors (Lipinski definition) is 2. The molecular weight excluding hydrogens is 274 g/mol. The van der Waals surface area contributed by atoms with E-state index in [4.69, 9.17) is 10.00 Å². The lowest BCUT2D eigenvalue weighted by molar-refractivity contribution is 0.0527. The number of carbonyl (C=O) groups excluding carboxylic acids is 1. The van der Waals surface area contributed by atoms with Crippen molar-refractivity contribution in [1.29, 1.82) is 5.26 Å². The molecule has 0 bridgehead atoms. The van der Waals surface area contributed by atoms with Gasteiger partial charge in [-0.25, -0.2) is 4.79 Å². The van der Waals surface area contributed by atoms with Gasteiger partial charge in [0.2, 0.25) is 0 Å². The number of ether oxygens (including phenoxy) is 1. The number of nitrogens with one attached hydrogen (secondary N) is 2. The molecule has 0 saturated carbocycles. The van der Waals surface area contributed by atoms with Gasteiger partial charge in [-0.1, -0.05) is 0 Å². The molecule has 0 aliphatic carbocycles. The van der Waals surface area contributed by atoms with E-state index in [0.29, 0.717) is 12.1 Å². The van der Waals surface area contributed by atoms with Gasteiger partial charge < -0.3 is 15.4 Å². The summed E-state index contributed by atoms with van der Waals surface area (Å²) in [4.78, 5) is 12.5. The Bertz CT molecular complexity index is 471. The molecule has 0 unspecified atom stereocenters. The van der Waals surface area contributed by atoms with Crippen LogP contribution in [0.25, 0.3) is 0 Å². The fourth-order valence-corrected chi connectivity index (χ4v) is 2.24. The van der Waals surface area contributed by atoms with Gasteiger partial charge in [0.15, 0.2) is 0 Å². The molecule has 5 nitrogen and oxygen atoms in total. The molecule has 1 aromatic rings. The summed E-state index contributed by atoms with van der Waals surface area (Å²) in [5.74, 6) is 0. The van der Waals surface area contributed by atoms with Crippen LogP contribution in [0.1, 0.15) is 37.6 Å². The predicted octanol–water partition coefficient (Wildman–Crippen LogP) is 2.62. The minimum absolute atomic E-state index is 0.380. The van der Waals surface area contributed by atoms with E-state index in [-0.39, 0.29) is 6.09 Å². The van der Waals surface area contributed by atoms with Crippen molar-refractivity contribution in [3.8, 4) is 6.07 Å². The topological polar surface area (TPSA) is 74.2 Å². The quantitative estimate of drug-likeness (QED) is 0.791. The third-order valence-corrected chi connectivity index (χ3v) is 3.22. The number of amides is 1. The maximum absolute atomic E-state index is 11.4. The highest BCUT2D eigenvalue weighted by molar-refractivity contribution is 7.10. The fourth-order valence-electron chi connectivity index (χ4n) is 1.46. The fraction of sp³-hybridized carbons (Fsp3) is 0.571. The van der Waals surface area contributed by atoms with Gasteiger partial charge in [-0.2, -0.15) is 5.26 Å². The SMILES string of the molecule is CC(C)(C)OC(=O)NCCCNCc1cc(C#N)cs1. The molecule has 0 atom stereocenters. The molecule has 1 rings (SSSR count). The van der Waals surface area contributed by atoms with Crippen LogP contribution in [0.15, 0.2) is 11.4 Å². The first kappa shape index (κ1) is 16.5. The Morgan fingerprint density at radius 3 is 2.80 bits per heavy atom. The second kappa shape index (κ2) is 7.88. The molecule has 20 heavy (non-hydrogen) atoms. The first-order valence-corrected chi connectivity index (χ1v) is 7.44. The van der Waals surface area contributed by atoms with Crippen molar-refractivity contribution in [3.05, 3.63) is 21.9 Å². The maximum atomic E-state index is 11.4. The Morgan fingerprint density at radius 1 is 1.45 bits per heavy atom. The molecule has 1 aromatic heterocycles. The lowest BCUT2D eigenvalue weighted by atomic mass is 10.2. The van der Waals surface area contributed by atoms with Crippen molar-refractivity contribution in [2.24, 2.45) is 0 Å². The monoisotopic (exact) mass is 295 g/mol. The van der Waals surface area contributed by atoms with E-state index in [2.05, 4.69) is 16.7 Å². The lowest BCUT2D eigenvalue weighted by Gasteiger charge is -2.19. The van der Waals surface area contributed by atoms with E-state index in [1.165, 1.54) is 0 Å². The maximum Gasteiger partial charge on any atom is 0.407 e. The zero-order chi connectivity index (χ0) is 15.0. The van der Waals surface area contributed by atoms with Crippen LogP contribution in [0.3, 0.4) is 0 Å². The number of nitrogens with zero attached hydrogens (tertiary/aromatic N) is 1. The zero-order valence-corrected chi connectivity index (χ0v) is 13.0. The molecule has 2 N–H and O–H groups in total. The summed E-state index contributed by atoms with van der Waals surface area (Å²) in [7, 11) is 0. The van der Waals surface area contributed by atoms with Crippen LogP contribution in [0, 0.1) is 11.3 Å². The summed E-state index contributed by atoms with van der Waals surface area (Å²) in [5.41, 5.74) is 0.248. The van der Waals surface area contributed by atoms with Crippen molar-refractivity contribution in [1.82, 2.24) is 10.6 Å². The largest absolute Gasteiger partial charge is 0.444 e. The molecule has 0 aromatic carbocycles. The molecule has 110 valence electrons. The first-order chi connectivity index (χ1) is 9.40. The van der Waals surface area contributed by atoms with E-state index in [0.717, 1.165) is 24.4 Å². The second-order valence-electron chi connectivity index (χ2n) is 5.37. The Labute approximate surface area is 123 Å². The van der Waals surface area contributed by atoms with E-state index in [1.54, 1.807) is 11.3 Å². The zero-order valence-electron chi connectivity index (χ0n) is 12.2. The number of hydrogen-bond acceptors (Lipinski definition) is 5. The summed E-state index contributed by atoms with van der Waals surface area (Å²) in [6.07, 6.45) is 0.449. The average molecular weight is 295 g/mol.